The Morgan fingerprint density at radius 1 is 1.25 bits per heavy atom. The van der Waals surface area contributed by atoms with Gasteiger partial charge in [-0.2, -0.15) is 0 Å². The van der Waals surface area contributed by atoms with Gasteiger partial charge in [-0.1, -0.05) is 13.8 Å². The van der Waals surface area contributed by atoms with Crippen molar-refractivity contribution >= 4 is 23.6 Å². The summed E-state index contributed by atoms with van der Waals surface area (Å²) in [5.74, 6) is 0.0813. The molecule has 2 rings (SSSR count). The van der Waals surface area contributed by atoms with Crippen LogP contribution in [0.25, 0.3) is 11.0 Å². The smallest absolute Gasteiger partial charge is 0.336 e. The average Bonchev–Trinajstić information content (AvgIpc) is 2.24. The van der Waals surface area contributed by atoms with Crippen LogP contribution in [0.2, 0.25) is 0 Å². The van der Waals surface area contributed by atoms with Gasteiger partial charge in [0.1, 0.15) is 11.3 Å². The zero-order chi connectivity index (χ0) is 12.3. The molecule has 16 heavy (non-hydrogen) atoms. The minimum atomic E-state index is -0.395. The number of aryl methyl sites for hydroxylation is 1. The third-order valence-corrected chi connectivity index (χ3v) is 2.40. The van der Waals surface area contributed by atoms with Crippen LogP contribution in [0.15, 0.2) is 32.3 Å². The number of aromatic hydroxyl groups is 1. The summed E-state index contributed by atoms with van der Waals surface area (Å²) < 4.78 is 4.96. The minimum Gasteiger partial charge on any atom is -0.507 e. The zero-order valence-electron chi connectivity index (χ0n) is 9.44. The van der Waals surface area contributed by atoms with Crippen LogP contribution in [0.5, 0.6) is 5.75 Å². The number of rotatable bonds is 0. The molecule has 0 bridgehead atoms. The topological polar surface area (TPSA) is 50.4 Å². The van der Waals surface area contributed by atoms with Crippen LogP contribution < -0.4 is 5.63 Å². The SMILES string of the molecule is CC.Cc1cc(=O)oc2cc(S)c(O)cc12. The summed E-state index contributed by atoms with van der Waals surface area (Å²) in [4.78, 5) is 11.4. The molecule has 0 saturated heterocycles. The highest BCUT2D eigenvalue weighted by molar-refractivity contribution is 7.80. The van der Waals surface area contributed by atoms with E-state index in [1.54, 1.807) is 6.92 Å². The van der Waals surface area contributed by atoms with E-state index in [1.807, 2.05) is 13.8 Å². The third-order valence-electron chi connectivity index (χ3n) is 2.05. The number of benzene rings is 1. The standard InChI is InChI=1S/C10H8O3S.C2H6/c1-5-2-10(12)13-8-4-9(14)7(11)3-6(5)8;1-2/h2-4,11,14H,1H3;1-2H3. The van der Waals surface area contributed by atoms with Crippen molar-refractivity contribution in [2.75, 3.05) is 0 Å². The van der Waals surface area contributed by atoms with Crippen molar-refractivity contribution in [2.24, 2.45) is 0 Å². The van der Waals surface area contributed by atoms with Gasteiger partial charge in [0, 0.05) is 16.3 Å². The van der Waals surface area contributed by atoms with Gasteiger partial charge >= 0.3 is 5.63 Å². The molecule has 3 nitrogen and oxygen atoms in total. The van der Waals surface area contributed by atoms with E-state index in [0.717, 1.165) is 10.9 Å². The Kier molecular flexibility index (Phi) is 4.01. The van der Waals surface area contributed by atoms with Gasteiger partial charge in [-0.05, 0) is 24.6 Å². The van der Waals surface area contributed by atoms with Crippen LogP contribution in [-0.4, -0.2) is 5.11 Å². The van der Waals surface area contributed by atoms with Crippen molar-refractivity contribution in [3.05, 3.63) is 34.2 Å². The first-order valence-corrected chi connectivity index (χ1v) is 5.49. The lowest BCUT2D eigenvalue weighted by Crippen LogP contribution is -1.97. The van der Waals surface area contributed by atoms with Crippen LogP contribution in [0, 0.1) is 6.92 Å². The Bertz CT molecular complexity index is 558. The molecule has 0 amide bonds. The van der Waals surface area contributed by atoms with Gasteiger partial charge < -0.3 is 9.52 Å². The predicted molar refractivity (Wildman–Crippen MR) is 67.5 cm³/mol. The average molecular weight is 238 g/mol. The van der Waals surface area contributed by atoms with Crippen LogP contribution in [0.3, 0.4) is 0 Å². The first-order chi connectivity index (χ1) is 7.58. The molecule has 0 unspecified atom stereocenters. The fourth-order valence-electron chi connectivity index (χ4n) is 1.34. The summed E-state index contributed by atoms with van der Waals surface area (Å²) in [5, 5.41) is 10.1. The second kappa shape index (κ2) is 5.07. The van der Waals surface area contributed by atoms with Crippen LogP contribution in [0.4, 0.5) is 0 Å². The molecule has 4 heteroatoms. The molecular weight excluding hydrogens is 224 g/mol. The highest BCUT2D eigenvalue weighted by Crippen LogP contribution is 2.28. The van der Waals surface area contributed by atoms with Gasteiger partial charge in [0.05, 0.1) is 0 Å². The van der Waals surface area contributed by atoms with Crippen molar-refractivity contribution in [1.29, 1.82) is 0 Å². The number of hydrogen-bond donors (Lipinski definition) is 2. The molecule has 0 saturated carbocycles. The molecule has 0 spiro atoms. The molecule has 0 radical (unpaired) electrons. The Labute approximate surface area is 99.1 Å². The number of phenolic OH excluding ortho intramolecular Hbond substituents is 1. The van der Waals surface area contributed by atoms with E-state index in [4.69, 9.17) is 4.42 Å². The zero-order valence-corrected chi connectivity index (χ0v) is 10.3. The van der Waals surface area contributed by atoms with E-state index in [2.05, 4.69) is 12.6 Å². The molecule has 0 fully saturated rings. The predicted octanol–water partition coefficient (Wildman–Crippen LogP) is 3.12. The second-order valence-corrected chi connectivity index (χ2v) is 3.57. The first-order valence-electron chi connectivity index (χ1n) is 5.04. The largest absolute Gasteiger partial charge is 0.507 e. The molecular formula is C12H14O3S. The van der Waals surface area contributed by atoms with Crippen molar-refractivity contribution in [3.8, 4) is 5.75 Å². The maximum atomic E-state index is 11.0. The first kappa shape index (κ1) is 12.6. The second-order valence-electron chi connectivity index (χ2n) is 3.09. The minimum absolute atomic E-state index is 0.0813. The number of thiol groups is 1. The van der Waals surface area contributed by atoms with Crippen molar-refractivity contribution in [2.45, 2.75) is 25.7 Å². The van der Waals surface area contributed by atoms with Crippen LogP contribution >= 0.6 is 12.6 Å². The lowest BCUT2D eigenvalue weighted by atomic mass is 10.1. The van der Waals surface area contributed by atoms with E-state index in [0.29, 0.717) is 10.5 Å². The number of hydrogen-bond acceptors (Lipinski definition) is 4. The van der Waals surface area contributed by atoms with E-state index in [1.165, 1.54) is 18.2 Å². The quantitative estimate of drug-likeness (QED) is 0.547. The number of phenols is 1. The molecule has 1 aromatic heterocycles. The normalized spacial score (nSPS) is 9.75. The maximum Gasteiger partial charge on any atom is 0.336 e. The summed E-state index contributed by atoms with van der Waals surface area (Å²) in [7, 11) is 0. The fraction of sp³-hybridized carbons (Fsp3) is 0.250. The van der Waals surface area contributed by atoms with Gasteiger partial charge in [-0.15, -0.1) is 12.6 Å². The summed E-state index contributed by atoms with van der Waals surface area (Å²) in [5.41, 5.74) is 0.825. The highest BCUT2D eigenvalue weighted by Gasteiger charge is 2.05. The Balaban J connectivity index is 0.000000606. The van der Waals surface area contributed by atoms with Gasteiger partial charge in [0.2, 0.25) is 0 Å². The van der Waals surface area contributed by atoms with Crippen molar-refractivity contribution in [1.82, 2.24) is 0 Å². The fourth-order valence-corrected chi connectivity index (χ4v) is 1.52. The Morgan fingerprint density at radius 3 is 2.50 bits per heavy atom. The van der Waals surface area contributed by atoms with Crippen LogP contribution in [0.1, 0.15) is 19.4 Å². The van der Waals surface area contributed by atoms with E-state index in [-0.39, 0.29) is 5.75 Å². The van der Waals surface area contributed by atoms with Gasteiger partial charge in [0.25, 0.3) is 0 Å². The molecule has 2 aromatic rings. The van der Waals surface area contributed by atoms with Gasteiger partial charge in [0.15, 0.2) is 0 Å². The van der Waals surface area contributed by atoms with Gasteiger partial charge in [-0.3, -0.25) is 0 Å². The van der Waals surface area contributed by atoms with Crippen molar-refractivity contribution in [3.63, 3.8) is 0 Å². The third kappa shape index (κ3) is 2.39. The van der Waals surface area contributed by atoms with Crippen molar-refractivity contribution < 1.29 is 9.52 Å². The van der Waals surface area contributed by atoms with E-state index < -0.39 is 5.63 Å². The van der Waals surface area contributed by atoms with Gasteiger partial charge in [-0.25, -0.2) is 4.79 Å². The van der Waals surface area contributed by atoms with E-state index >= 15 is 0 Å². The summed E-state index contributed by atoms with van der Waals surface area (Å²) in [6, 6.07) is 4.46. The molecule has 0 atom stereocenters. The Hall–Kier alpha value is -1.42. The molecule has 1 heterocycles. The molecule has 1 aromatic carbocycles. The molecule has 0 aliphatic rings. The molecule has 86 valence electrons. The monoisotopic (exact) mass is 238 g/mol. The summed E-state index contributed by atoms with van der Waals surface area (Å²) in [6.45, 7) is 5.79. The Morgan fingerprint density at radius 2 is 1.88 bits per heavy atom. The maximum absolute atomic E-state index is 11.0. The lowest BCUT2D eigenvalue weighted by molar-refractivity contribution is 0.462. The molecule has 1 N–H and O–H groups in total. The molecule has 0 aliphatic carbocycles. The molecule has 0 aliphatic heterocycles. The van der Waals surface area contributed by atoms with E-state index in [9.17, 15) is 9.90 Å². The summed E-state index contributed by atoms with van der Waals surface area (Å²) >= 11 is 4.03. The number of fused-ring (bicyclic) bond motifs is 1. The highest BCUT2D eigenvalue weighted by atomic mass is 32.1. The lowest BCUT2D eigenvalue weighted by Gasteiger charge is -2.02. The van der Waals surface area contributed by atoms with Crippen LogP contribution in [-0.2, 0) is 0 Å². The summed E-state index contributed by atoms with van der Waals surface area (Å²) in [6.07, 6.45) is 0.